The Bertz CT molecular complexity index is 1300. The van der Waals surface area contributed by atoms with Crippen molar-refractivity contribution < 1.29 is 69.0 Å². The lowest BCUT2D eigenvalue weighted by molar-refractivity contribution is -0.362. The fraction of sp³-hybridized carbons (Fsp3) is 0.917. The molecule has 284 valence electrons. The molecule has 0 bridgehead atoms. The maximum Gasteiger partial charge on any atom is 0.331 e. The molecule has 3 heterocycles. The molecule has 2 saturated heterocycles. The number of aliphatic hydroxyl groups excluding tert-OH is 6. The molecule has 3 aliphatic heterocycles. The third-order valence-electron chi connectivity index (χ3n) is 14.4. The van der Waals surface area contributed by atoms with Gasteiger partial charge in [-0.05, 0) is 93.0 Å². The zero-order valence-corrected chi connectivity index (χ0v) is 29.4. The topological polar surface area (TPSA) is 214 Å². The lowest BCUT2D eigenvalue weighted by Crippen LogP contribution is -2.66. The highest BCUT2D eigenvalue weighted by molar-refractivity contribution is 5.85. The van der Waals surface area contributed by atoms with Crippen molar-refractivity contribution in [2.75, 3.05) is 20.3 Å². The van der Waals surface area contributed by atoms with Gasteiger partial charge in [-0.2, -0.15) is 0 Å². The molecule has 0 aromatic heterocycles. The highest BCUT2D eigenvalue weighted by Crippen LogP contribution is 2.70. The van der Waals surface area contributed by atoms with Crippen LogP contribution in [0.5, 0.6) is 0 Å². The quantitative estimate of drug-likeness (QED) is 0.136. The van der Waals surface area contributed by atoms with Crippen LogP contribution in [0.2, 0.25) is 0 Å². The molecular formula is C36H56O14. The summed E-state index contributed by atoms with van der Waals surface area (Å²) in [5.74, 6) is -0.258. The largest absolute Gasteiger partial charge is 0.458 e. The minimum absolute atomic E-state index is 0.00772. The molecular weight excluding hydrogens is 656 g/mol. The molecule has 7 aliphatic rings. The van der Waals surface area contributed by atoms with Crippen LogP contribution in [0.4, 0.5) is 0 Å². The Balaban J connectivity index is 1.01. The maximum absolute atomic E-state index is 12.5. The molecule has 0 amide bonds. The van der Waals surface area contributed by atoms with Gasteiger partial charge in [0.1, 0.15) is 49.3 Å². The first kappa shape index (κ1) is 37.1. The number of ether oxygens (including phenoxy) is 6. The van der Waals surface area contributed by atoms with E-state index < -0.39 is 85.1 Å². The van der Waals surface area contributed by atoms with Gasteiger partial charge in [0.25, 0.3) is 0 Å². The van der Waals surface area contributed by atoms with Crippen molar-refractivity contribution >= 4 is 5.97 Å². The normalized spacial score (nSPS) is 55.1. The second-order valence-electron chi connectivity index (χ2n) is 16.7. The first-order valence-electron chi connectivity index (χ1n) is 18.4. The van der Waals surface area contributed by atoms with Gasteiger partial charge in [0, 0.05) is 18.6 Å². The van der Waals surface area contributed by atoms with E-state index in [1.165, 1.54) is 7.11 Å². The van der Waals surface area contributed by atoms with E-state index >= 15 is 0 Å². The minimum atomic E-state index is -1.62. The van der Waals surface area contributed by atoms with Gasteiger partial charge in [0.15, 0.2) is 12.6 Å². The van der Waals surface area contributed by atoms with E-state index in [1.54, 1.807) is 13.0 Å². The molecule has 19 atom stereocenters. The van der Waals surface area contributed by atoms with Gasteiger partial charge in [-0.25, -0.2) is 4.79 Å². The van der Waals surface area contributed by atoms with E-state index in [-0.39, 0.29) is 47.8 Å². The number of methoxy groups -OCH3 is 1. The molecule has 6 fully saturated rings. The third-order valence-corrected chi connectivity index (χ3v) is 14.4. The lowest BCUT2D eigenvalue weighted by atomic mass is 9.42. The van der Waals surface area contributed by atoms with Crippen molar-refractivity contribution in [1.29, 1.82) is 0 Å². The standard InChI is InChI=1S/C36H56O14/c1-16-30(50-32-28(42)27(41)26(40)23(14-37)49-32)31(45-4)29(43)33(47-16)48-19-7-9-34(2)18(12-19)5-6-21-25(34)22(38)13-35(3)20(8-10-36(21,35)44)17-11-24(39)46-15-17/h11,16,18-23,25-33,37-38,40-44H,5-10,12-15H2,1-4H3/t16-,18-,19+,20-,21-,22-,23-,25-,26-,27+,28-,29-,30+,31-,32+,33+,34+,35-,36+/m1/s1. The van der Waals surface area contributed by atoms with E-state index in [2.05, 4.69) is 13.8 Å². The summed E-state index contributed by atoms with van der Waals surface area (Å²) < 4.78 is 35.0. The Morgan fingerprint density at radius 2 is 1.64 bits per heavy atom. The van der Waals surface area contributed by atoms with Crippen molar-refractivity contribution in [3.05, 3.63) is 11.6 Å². The van der Waals surface area contributed by atoms with Crippen LogP contribution in [0.25, 0.3) is 0 Å². The summed E-state index contributed by atoms with van der Waals surface area (Å²) in [6.07, 6.45) is -5.80. The summed E-state index contributed by atoms with van der Waals surface area (Å²) in [6.45, 7) is 5.72. The number of hydrogen-bond donors (Lipinski definition) is 7. The Labute approximate surface area is 292 Å². The van der Waals surface area contributed by atoms with Gasteiger partial charge < -0.3 is 64.2 Å². The highest BCUT2D eigenvalue weighted by atomic mass is 16.7. The van der Waals surface area contributed by atoms with Crippen LogP contribution in [0.15, 0.2) is 11.6 Å². The molecule has 7 rings (SSSR count). The second kappa shape index (κ2) is 13.5. The van der Waals surface area contributed by atoms with E-state index in [1.807, 2.05) is 0 Å². The third kappa shape index (κ3) is 5.72. The molecule has 14 heteroatoms. The number of aliphatic hydroxyl groups is 7. The van der Waals surface area contributed by atoms with E-state index in [4.69, 9.17) is 28.4 Å². The van der Waals surface area contributed by atoms with Crippen molar-refractivity contribution in [3.8, 4) is 0 Å². The van der Waals surface area contributed by atoms with E-state index in [9.17, 15) is 40.5 Å². The van der Waals surface area contributed by atoms with Crippen molar-refractivity contribution in [2.24, 2.45) is 34.5 Å². The second-order valence-corrected chi connectivity index (χ2v) is 16.7. The number of carbonyl (C=O) groups excluding carboxylic acids is 1. The summed E-state index contributed by atoms with van der Waals surface area (Å²) in [6, 6.07) is 0. The molecule has 14 nitrogen and oxygen atoms in total. The zero-order valence-electron chi connectivity index (χ0n) is 29.4. The number of rotatable bonds is 7. The van der Waals surface area contributed by atoms with Gasteiger partial charge in [-0.1, -0.05) is 13.8 Å². The van der Waals surface area contributed by atoms with Crippen LogP contribution in [0.1, 0.15) is 72.1 Å². The summed E-state index contributed by atoms with van der Waals surface area (Å²) >= 11 is 0. The SMILES string of the molecule is CO[C@@H]1[C@@H](O)[C@H](O[C@H]2CC[C@@]3(C)[C@H](CC[C@@H]4[C@@H]3[C@H](O)C[C@]3(C)[C@@H](C5=CC(=O)OC5)CC[C@]43O)C2)O[C@H](C)[C@@H]1O[C@@H]1O[C@H](CO)[C@@H](O)[C@H](O)[C@H]1O. The summed E-state index contributed by atoms with van der Waals surface area (Å²) in [4.78, 5) is 11.9. The summed E-state index contributed by atoms with van der Waals surface area (Å²) in [5.41, 5.74) is -0.790. The van der Waals surface area contributed by atoms with Crippen molar-refractivity contribution in [2.45, 2.75) is 151 Å². The molecule has 0 unspecified atom stereocenters. The Morgan fingerprint density at radius 3 is 2.32 bits per heavy atom. The Kier molecular flexibility index (Phi) is 10.0. The van der Waals surface area contributed by atoms with Crippen molar-refractivity contribution in [1.82, 2.24) is 0 Å². The van der Waals surface area contributed by atoms with Gasteiger partial charge in [0.05, 0.1) is 30.5 Å². The fourth-order valence-corrected chi connectivity index (χ4v) is 11.7. The molecule has 0 aromatic carbocycles. The monoisotopic (exact) mass is 712 g/mol. The van der Waals surface area contributed by atoms with Gasteiger partial charge in [0.2, 0.25) is 0 Å². The highest BCUT2D eigenvalue weighted by Gasteiger charge is 2.70. The molecule has 0 aromatic rings. The van der Waals surface area contributed by atoms with E-state index in [0.29, 0.717) is 25.7 Å². The van der Waals surface area contributed by atoms with Crippen LogP contribution in [0, 0.1) is 34.5 Å². The predicted molar refractivity (Wildman–Crippen MR) is 172 cm³/mol. The van der Waals surface area contributed by atoms with Gasteiger partial charge in [-0.3, -0.25) is 0 Å². The van der Waals surface area contributed by atoms with Crippen LogP contribution >= 0.6 is 0 Å². The summed E-state index contributed by atoms with van der Waals surface area (Å²) in [5, 5.41) is 76.3. The van der Waals surface area contributed by atoms with Gasteiger partial charge >= 0.3 is 5.97 Å². The smallest absolute Gasteiger partial charge is 0.331 e. The van der Waals surface area contributed by atoms with Crippen LogP contribution in [-0.4, -0.2) is 141 Å². The predicted octanol–water partition coefficient (Wildman–Crippen LogP) is -0.0948. The first-order chi connectivity index (χ1) is 23.7. The number of fused-ring (bicyclic) bond motifs is 5. The maximum atomic E-state index is 12.5. The van der Waals surface area contributed by atoms with E-state index in [0.717, 1.165) is 31.3 Å². The fourth-order valence-electron chi connectivity index (χ4n) is 11.7. The number of esters is 1. The summed E-state index contributed by atoms with van der Waals surface area (Å²) in [7, 11) is 1.41. The number of cyclic esters (lactones) is 1. The first-order valence-corrected chi connectivity index (χ1v) is 18.4. The number of carbonyl (C=O) groups is 1. The van der Waals surface area contributed by atoms with Crippen LogP contribution in [0.3, 0.4) is 0 Å². The number of hydrogen-bond acceptors (Lipinski definition) is 14. The van der Waals surface area contributed by atoms with Crippen molar-refractivity contribution in [3.63, 3.8) is 0 Å². The molecule has 0 radical (unpaired) electrons. The molecule has 50 heavy (non-hydrogen) atoms. The van der Waals surface area contributed by atoms with Gasteiger partial charge in [-0.15, -0.1) is 0 Å². The molecule has 0 spiro atoms. The Morgan fingerprint density at radius 1 is 0.900 bits per heavy atom. The molecule has 4 aliphatic carbocycles. The minimum Gasteiger partial charge on any atom is -0.458 e. The van der Waals surface area contributed by atoms with Crippen LogP contribution < -0.4 is 0 Å². The lowest BCUT2D eigenvalue weighted by Gasteiger charge is -2.65. The van der Waals surface area contributed by atoms with Crippen LogP contribution in [-0.2, 0) is 33.2 Å². The zero-order chi connectivity index (χ0) is 35.9. The molecule has 7 N–H and O–H groups in total. The molecule has 4 saturated carbocycles. The average molecular weight is 713 g/mol. The Hall–Kier alpha value is -1.27. The average Bonchev–Trinajstić information content (AvgIpc) is 3.62.